The number of piperidine rings is 1. The van der Waals surface area contributed by atoms with Crippen molar-refractivity contribution in [1.82, 2.24) is 9.97 Å². The molecule has 0 amide bonds. The fourth-order valence-electron chi connectivity index (χ4n) is 4.44. The summed E-state index contributed by atoms with van der Waals surface area (Å²) in [5, 5.41) is 20.6. The number of anilines is 1. The highest BCUT2D eigenvalue weighted by atomic mass is 19.1. The molecule has 166 valence electrons. The lowest BCUT2D eigenvalue weighted by molar-refractivity contribution is 0.475. The van der Waals surface area contributed by atoms with Gasteiger partial charge in [0.15, 0.2) is 0 Å². The molecule has 0 saturated carbocycles. The average Bonchev–Trinajstić information content (AvgIpc) is 3.22. The second-order valence-corrected chi connectivity index (χ2v) is 8.26. The van der Waals surface area contributed by atoms with Crippen molar-refractivity contribution in [3.05, 3.63) is 65.9 Å². The minimum atomic E-state index is -0.662. The van der Waals surface area contributed by atoms with Crippen molar-refractivity contribution < 1.29 is 13.9 Å². The van der Waals surface area contributed by atoms with E-state index in [1.54, 1.807) is 24.4 Å². The van der Waals surface area contributed by atoms with Crippen LogP contribution >= 0.6 is 0 Å². The third-order valence-corrected chi connectivity index (χ3v) is 6.11. The van der Waals surface area contributed by atoms with Crippen molar-refractivity contribution in [2.75, 3.05) is 18.0 Å². The molecule has 0 atom stereocenters. The first kappa shape index (κ1) is 20.9. The van der Waals surface area contributed by atoms with E-state index in [2.05, 4.69) is 14.9 Å². The highest BCUT2D eigenvalue weighted by Crippen LogP contribution is 2.41. The highest BCUT2D eigenvalue weighted by Gasteiger charge is 2.24. The smallest absolute Gasteiger partial charge is 0.142 e. The molecule has 1 aliphatic heterocycles. The van der Waals surface area contributed by atoms with Gasteiger partial charge in [0.2, 0.25) is 0 Å². The fourth-order valence-corrected chi connectivity index (χ4v) is 4.44. The molecule has 0 aliphatic carbocycles. The van der Waals surface area contributed by atoms with Crippen LogP contribution in [0.4, 0.5) is 14.5 Å². The lowest BCUT2D eigenvalue weighted by atomic mass is 9.99. The fraction of sp³-hybridized carbons (Fsp3) is 0.200. The Labute approximate surface area is 188 Å². The average molecular weight is 445 g/mol. The summed E-state index contributed by atoms with van der Waals surface area (Å²) >= 11 is 0. The van der Waals surface area contributed by atoms with Crippen LogP contribution in [0.2, 0.25) is 0 Å². The first-order valence-corrected chi connectivity index (χ1v) is 10.7. The van der Waals surface area contributed by atoms with E-state index < -0.39 is 11.6 Å². The van der Waals surface area contributed by atoms with Crippen molar-refractivity contribution >= 4 is 16.7 Å². The zero-order valence-electron chi connectivity index (χ0n) is 17.6. The van der Waals surface area contributed by atoms with Crippen LogP contribution < -0.4 is 10.6 Å². The van der Waals surface area contributed by atoms with Gasteiger partial charge in [0.25, 0.3) is 0 Å². The number of pyridine rings is 1. The Balaban J connectivity index is 1.73. The summed E-state index contributed by atoms with van der Waals surface area (Å²) in [6.07, 6.45) is 3.19. The predicted molar refractivity (Wildman–Crippen MR) is 123 cm³/mol. The van der Waals surface area contributed by atoms with E-state index in [0.717, 1.165) is 30.0 Å². The number of nitrogens with zero attached hydrogens (tertiary/aromatic N) is 3. The summed E-state index contributed by atoms with van der Waals surface area (Å²) in [4.78, 5) is 9.88. The summed E-state index contributed by atoms with van der Waals surface area (Å²) in [5.74, 6) is -1.45. The van der Waals surface area contributed by atoms with Crippen LogP contribution in [0.3, 0.4) is 0 Å². The van der Waals surface area contributed by atoms with Crippen molar-refractivity contribution in [3.8, 4) is 34.2 Å². The number of nitriles is 1. The maximum atomic E-state index is 14.0. The topological polar surface area (TPSA) is 102 Å². The van der Waals surface area contributed by atoms with Crippen LogP contribution in [0.1, 0.15) is 18.4 Å². The molecule has 6 nitrogen and oxygen atoms in total. The second kappa shape index (κ2) is 8.19. The largest absolute Gasteiger partial charge is 0.506 e. The number of nitrogens with one attached hydrogen (secondary N) is 1. The van der Waals surface area contributed by atoms with Gasteiger partial charge in [0.1, 0.15) is 29.1 Å². The van der Waals surface area contributed by atoms with Crippen LogP contribution in [0, 0.1) is 23.0 Å². The van der Waals surface area contributed by atoms with Crippen molar-refractivity contribution in [3.63, 3.8) is 0 Å². The Bertz CT molecular complexity index is 1380. The number of rotatable bonds is 3. The lowest BCUT2D eigenvalue weighted by Crippen LogP contribution is -2.40. The number of halogens is 2. The molecule has 1 saturated heterocycles. The van der Waals surface area contributed by atoms with E-state index in [-0.39, 0.29) is 17.4 Å². The summed E-state index contributed by atoms with van der Waals surface area (Å²) in [7, 11) is 0. The molecular weight excluding hydrogens is 424 g/mol. The van der Waals surface area contributed by atoms with E-state index in [9.17, 15) is 19.1 Å². The van der Waals surface area contributed by atoms with Gasteiger partial charge in [-0.05, 0) is 48.7 Å². The SMILES string of the molecule is N#Cc1cccc(-c2cc3c(N4CCC(N)CC4)c(-c4cc(F)cc(F)c4)cnc3[nH]2)c1O. The maximum absolute atomic E-state index is 14.0. The molecule has 5 rings (SSSR count). The summed E-state index contributed by atoms with van der Waals surface area (Å²) in [5.41, 5.74) is 9.70. The minimum absolute atomic E-state index is 0.112. The monoisotopic (exact) mass is 445 g/mol. The van der Waals surface area contributed by atoms with E-state index in [4.69, 9.17) is 5.73 Å². The number of aromatic hydroxyl groups is 1. The quantitative estimate of drug-likeness (QED) is 0.425. The number of nitrogens with two attached hydrogens (primary N) is 1. The molecular formula is C25H21F2N5O. The number of aromatic nitrogens is 2. The summed E-state index contributed by atoms with van der Waals surface area (Å²) < 4.78 is 28.1. The first-order chi connectivity index (χ1) is 15.9. The molecule has 0 spiro atoms. The van der Waals surface area contributed by atoms with Gasteiger partial charge in [-0.15, -0.1) is 0 Å². The number of para-hydroxylation sites is 1. The van der Waals surface area contributed by atoms with E-state index in [1.807, 2.05) is 12.1 Å². The van der Waals surface area contributed by atoms with Gasteiger partial charge in [-0.1, -0.05) is 6.07 Å². The number of hydrogen-bond donors (Lipinski definition) is 3. The van der Waals surface area contributed by atoms with E-state index in [0.29, 0.717) is 41.1 Å². The minimum Gasteiger partial charge on any atom is -0.506 e. The van der Waals surface area contributed by atoms with Crippen molar-refractivity contribution in [1.29, 1.82) is 5.26 Å². The normalized spacial score (nSPS) is 14.5. The van der Waals surface area contributed by atoms with E-state index >= 15 is 0 Å². The Morgan fingerprint density at radius 2 is 1.82 bits per heavy atom. The zero-order chi connectivity index (χ0) is 23.1. The standard InChI is InChI=1S/C25H21F2N5O/c26-16-8-15(9-17(27)10-16)21-13-30-25-20(23(21)32-6-4-18(29)5-7-32)11-22(31-25)19-3-1-2-14(12-28)24(19)33/h1-3,8-11,13,18,33H,4-7,29H2,(H,30,31). The van der Waals surface area contributed by atoms with Crippen LogP contribution in [0.25, 0.3) is 33.4 Å². The Morgan fingerprint density at radius 3 is 2.52 bits per heavy atom. The molecule has 0 bridgehead atoms. The number of phenolic OH excluding ortho intramolecular Hbond substituents is 1. The first-order valence-electron chi connectivity index (χ1n) is 10.7. The van der Waals surface area contributed by atoms with Crippen LogP contribution in [0.15, 0.2) is 48.7 Å². The number of phenols is 1. The van der Waals surface area contributed by atoms with E-state index in [1.165, 1.54) is 12.1 Å². The van der Waals surface area contributed by atoms with Gasteiger partial charge in [-0.3, -0.25) is 0 Å². The molecule has 1 aliphatic rings. The molecule has 4 N–H and O–H groups in total. The van der Waals surface area contributed by atoms with Crippen LogP contribution in [-0.2, 0) is 0 Å². The van der Waals surface area contributed by atoms with Crippen molar-refractivity contribution in [2.45, 2.75) is 18.9 Å². The van der Waals surface area contributed by atoms with Crippen LogP contribution in [-0.4, -0.2) is 34.2 Å². The lowest BCUT2D eigenvalue weighted by Gasteiger charge is -2.33. The molecule has 8 heteroatoms. The molecule has 1 fully saturated rings. The summed E-state index contributed by atoms with van der Waals surface area (Å²) in [6, 6.07) is 12.3. The Morgan fingerprint density at radius 1 is 1.09 bits per heavy atom. The molecule has 33 heavy (non-hydrogen) atoms. The zero-order valence-corrected chi connectivity index (χ0v) is 17.6. The molecule has 2 aromatic heterocycles. The Kier molecular flexibility index (Phi) is 5.19. The van der Waals surface area contributed by atoms with Gasteiger partial charge in [-0.25, -0.2) is 13.8 Å². The van der Waals surface area contributed by atoms with Gasteiger partial charge in [-0.2, -0.15) is 5.26 Å². The highest BCUT2D eigenvalue weighted by molar-refractivity contribution is 6.01. The molecule has 0 unspecified atom stereocenters. The van der Waals surface area contributed by atoms with Gasteiger partial charge in [0, 0.05) is 47.9 Å². The number of fused-ring (bicyclic) bond motifs is 1. The number of hydrogen-bond acceptors (Lipinski definition) is 5. The third kappa shape index (κ3) is 3.77. The maximum Gasteiger partial charge on any atom is 0.142 e. The molecule has 4 aromatic rings. The number of aromatic amines is 1. The molecule has 2 aromatic carbocycles. The van der Waals surface area contributed by atoms with Gasteiger partial charge >= 0.3 is 0 Å². The predicted octanol–water partition coefficient (Wildman–Crippen LogP) is 4.68. The third-order valence-electron chi connectivity index (χ3n) is 6.11. The van der Waals surface area contributed by atoms with Gasteiger partial charge < -0.3 is 20.7 Å². The number of benzene rings is 2. The second-order valence-electron chi connectivity index (χ2n) is 8.26. The number of H-pyrrole nitrogens is 1. The van der Waals surface area contributed by atoms with Crippen LogP contribution in [0.5, 0.6) is 5.75 Å². The molecule has 0 radical (unpaired) electrons. The molecule has 3 heterocycles. The Hall–Kier alpha value is -3.96. The summed E-state index contributed by atoms with van der Waals surface area (Å²) in [6.45, 7) is 1.39. The van der Waals surface area contributed by atoms with Gasteiger partial charge in [0.05, 0.1) is 16.9 Å². The van der Waals surface area contributed by atoms with Crippen molar-refractivity contribution in [2.24, 2.45) is 5.73 Å².